The average Bonchev–Trinajstić information content (AvgIpc) is 2.61. The summed E-state index contributed by atoms with van der Waals surface area (Å²) >= 11 is 0. The van der Waals surface area contributed by atoms with Crippen molar-refractivity contribution >= 4 is 11.6 Å². The minimum Gasteiger partial charge on any atom is -0.372 e. The number of hydrogen-bond donors (Lipinski definition) is 1. The standard InChI is InChI=1S/C18H21N3O/c22-18(20-14-15-8-10-19-11-9-15)16-4-6-17(7-5-16)21-12-2-1-3-13-21/h4-11H,1-3,12-14H2,(H,20,22). The van der Waals surface area contributed by atoms with E-state index >= 15 is 0 Å². The van der Waals surface area contributed by atoms with E-state index in [9.17, 15) is 4.79 Å². The number of carbonyl (C=O) groups is 1. The summed E-state index contributed by atoms with van der Waals surface area (Å²) in [7, 11) is 0. The Morgan fingerprint density at radius 2 is 1.68 bits per heavy atom. The molecule has 0 atom stereocenters. The first-order valence-electron chi connectivity index (χ1n) is 7.85. The Hall–Kier alpha value is -2.36. The molecule has 2 heterocycles. The molecule has 0 unspecified atom stereocenters. The number of carbonyl (C=O) groups excluding carboxylic acids is 1. The SMILES string of the molecule is O=C(NCc1ccncc1)c1ccc(N2CCCCC2)cc1. The van der Waals surface area contributed by atoms with Crippen LogP contribution in [0.3, 0.4) is 0 Å². The van der Waals surface area contributed by atoms with Crippen LogP contribution in [-0.2, 0) is 6.54 Å². The summed E-state index contributed by atoms with van der Waals surface area (Å²) in [5.74, 6) is -0.0398. The van der Waals surface area contributed by atoms with Crippen LogP contribution < -0.4 is 10.2 Å². The van der Waals surface area contributed by atoms with Gasteiger partial charge < -0.3 is 10.2 Å². The molecule has 0 bridgehead atoms. The highest BCUT2D eigenvalue weighted by Gasteiger charge is 2.11. The van der Waals surface area contributed by atoms with Crippen molar-refractivity contribution in [2.75, 3.05) is 18.0 Å². The second-order valence-electron chi connectivity index (χ2n) is 5.63. The van der Waals surface area contributed by atoms with E-state index in [1.807, 2.05) is 36.4 Å². The van der Waals surface area contributed by atoms with E-state index in [0.717, 1.165) is 18.7 Å². The van der Waals surface area contributed by atoms with E-state index < -0.39 is 0 Å². The maximum Gasteiger partial charge on any atom is 0.251 e. The predicted molar refractivity (Wildman–Crippen MR) is 87.9 cm³/mol. The van der Waals surface area contributed by atoms with Crippen LogP contribution in [-0.4, -0.2) is 24.0 Å². The Morgan fingerprint density at radius 1 is 1.00 bits per heavy atom. The van der Waals surface area contributed by atoms with Crippen molar-refractivity contribution in [2.24, 2.45) is 0 Å². The molecule has 1 amide bonds. The minimum atomic E-state index is -0.0398. The number of piperidine rings is 1. The molecule has 4 nitrogen and oxygen atoms in total. The van der Waals surface area contributed by atoms with E-state index in [0.29, 0.717) is 12.1 Å². The van der Waals surface area contributed by atoms with E-state index in [-0.39, 0.29) is 5.91 Å². The molecule has 0 spiro atoms. The number of aromatic nitrogens is 1. The van der Waals surface area contributed by atoms with Gasteiger partial charge in [0.1, 0.15) is 0 Å². The fraction of sp³-hybridized carbons (Fsp3) is 0.333. The molecule has 1 fully saturated rings. The third-order valence-electron chi connectivity index (χ3n) is 4.05. The van der Waals surface area contributed by atoms with Crippen LogP contribution in [0.5, 0.6) is 0 Å². The van der Waals surface area contributed by atoms with Gasteiger partial charge in [0.15, 0.2) is 0 Å². The molecule has 22 heavy (non-hydrogen) atoms. The zero-order chi connectivity index (χ0) is 15.2. The van der Waals surface area contributed by atoms with Gasteiger partial charge in [0.05, 0.1) is 0 Å². The first-order valence-corrected chi connectivity index (χ1v) is 7.85. The van der Waals surface area contributed by atoms with Crippen molar-refractivity contribution in [3.63, 3.8) is 0 Å². The molecule has 3 rings (SSSR count). The number of rotatable bonds is 4. The van der Waals surface area contributed by atoms with Crippen molar-refractivity contribution in [3.8, 4) is 0 Å². The van der Waals surface area contributed by atoms with Crippen molar-refractivity contribution in [2.45, 2.75) is 25.8 Å². The topological polar surface area (TPSA) is 45.2 Å². The van der Waals surface area contributed by atoms with Crippen LogP contribution in [0.15, 0.2) is 48.8 Å². The summed E-state index contributed by atoms with van der Waals surface area (Å²) in [6.45, 7) is 2.76. The van der Waals surface area contributed by atoms with Gasteiger partial charge in [-0.3, -0.25) is 9.78 Å². The molecular weight excluding hydrogens is 274 g/mol. The fourth-order valence-electron chi connectivity index (χ4n) is 2.76. The van der Waals surface area contributed by atoms with Crippen LogP contribution in [0.4, 0.5) is 5.69 Å². The zero-order valence-electron chi connectivity index (χ0n) is 12.7. The highest BCUT2D eigenvalue weighted by molar-refractivity contribution is 5.94. The van der Waals surface area contributed by atoms with Gasteiger partial charge in [-0.1, -0.05) is 0 Å². The van der Waals surface area contributed by atoms with Crippen molar-refractivity contribution in [1.82, 2.24) is 10.3 Å². The monoisotopic (exact) mass is 295 g/mol. The third-order valence-corrected chi connectivity index (χ3v) is 4.05. The number of amides is 1. The first-order chi connectivity index (χ1) is 10.8. The maximum atomic E-state index is 12.2. The predicted octanol–water partition coefficient (Wildman–Crippen LogP) is 3.00. The number of pyridine rings is 1. The van der Waals surface area contributed by atoms with Gasteiger partial charge in [-0.15, -0.1) is 0 Å². The van der Waals surface area contributed by atoms with Crippen LogP contribution in [0.2, 0.25) is 0 Å². The van der Waals surface area contributed by atoms with Crippen LogP contribution in [0, 0.1) is 0 Å². The van der Waals surface area contributed by atoms with Crippen molar-refractivity contribution in [3.05, 3.63) is 59.9 Å². The summed E-state index contributed by atoms with van der Waals surface area (Å²) in [6.07, 6.45) is 7.30. The fourth-order valence-corrected chi connectivity index (χ4v) is 2.76. The molecule has 1 aromatic carbocycles. The average molecular weight is 295 g/mol. The van der Waals surface area contributed by atoms with Crippen molar-refractivity contribution < 1.29 is 4.79 Å². The molecule has 0 saturated carbocycles. The second kappa shape index (κ2) is 7.07. The highest BCUT2D eigenvalue weighted by atomic mass is 16.1. The van der Waals surface area contributed by atoms with Crippen molar-refractivity contribution in [1.29, 1.82) is 0 Å². The lowest BCUT2D eigenvalue weighted by molar-refractivity contribution is 0.0951. The molecule has 0 radical (unpaired) electrons. The maximum absolute atomic E-state index is 12.2. The molecule has 4 heteroatoms. The number of nitrogens with one attached hydrogen (secondary N) is 1. The first kappa shape index (κ1) is 14.6. The van der Waals surface area contributed by atoms with E-state index in [1.165, 1.54) is 24.9 Å². The quantitative estimate of drug-likeness (QED) is 0.943. The Labute approximate surface area is 131 Å². The number of nitrogens with zero attached hydrogens (tertiary/aromatic N) is 2. The Kier molecular flexibility index (Phi) is 4.68. The molecule has 2 aromatic rings. The molecule has 0 aliphatic carbocycles. The van der Waals surface area contributed by atoms with Crippen LogP contribution in [0.25, 0.3) is 0 Å². The molecule has 1 aliphatic heterocycles. The number of benzene rings is 1. The molecular formula is C18H21N3O. The summed E-state index contributed by atoms with van der Waals surface area (Å²) in [6, 6.07) is 11.7. The highest BCUT2D eigenvalue weighted by Crippen LogP contribution is 2.20. The van der Waals surface area contributed by atoms with Crippen LogP contribution >= 0.6 is 0 Å². The lowest BCUT2D eigenvalue weighted by Gasteiger charge is -2.28. The molecule has 1 aliphatic rings. The second-order valence-corrected chi connectivity index (χ2v) is 5.63. The van der Waals surface area contributed by atoms with Gasteiger partial charge in [0, 0.05) is 43.3 Å². The van der Waals surface area contributed by atoms with E-state index in [2.05, 4.69) is 15.2 Å². The van der Waals surface area contributed by atoms with Gasteiger partial charge in [-0.2, -0.15) is 0 Å². The molecule has 1 aromatic heterocycles. The van der Waals surface area contributed by atoms with Gasteiger partial charge in [0.2, 0.25) is 0 Å². The third kappa shape index (κ3) is 3.64. The number of hydrogen-bond acceptors (Lipinski definition) is 3. The largest absolute Gasteiger partial charge is 0.372 e. The number of anilines is 1. The Bertz CT molecular complexity index is 604. The smallest absolute Gasteiger partial charge is 0.251 e. The minimum absolute atomic E-state index is 0.0398. The molecule has 1 N–H and O–H groups in total. The van der Waals surface area contributed by atoms with Gasteiger partial charge in [-0.25, -0.2) is 0 Å². The zero-order valence-corrected chi connectivity index (χ0v) is 12.7. The molecule has 114 valence electrons. The van der Waals surface area contributed by atoms with E-state index in [4.69, 9.17) is 0 Å². The van der Waals surface area contributed by atoms with Gasteiger partial charge in [-0.05, 0) is 61.2 Å². The summed E-state index contributed by atoms with van der Waals surface area (Å²) in [4.78, 5) is 18.5. The lowest BCUT2D eigenvalue weighted by atomic mass is 10.1. The van der Waals surface area contributed by atoms with Crippen LogP contribution in [0.1, 0.15) is 35.2 Å². The lowest BCUT2D eigenvalue weighted by Crippen LogP contribution is -2.29. The molecule has 1 saturated heterocycles. The Balaban J connectivity index is 1.58. The van der Waals surface area contributed by atoms with Gasteiger partial charge in [0.25, 0.3) is 5.91 Å². The normalized spacial score (nSPS) is 14.6. The van der Waals surface area contributed by atoms with Gasteiger partial charge >= 0.3 is 0 Å². The van der Waals surface area contributed by atoms with E-state index in [1.54, 1.807) is 12.4 Å². The Morgan fingerprint density at radius 3 is 2.36 bits per heavy atom. The summed E-state index contributed by atoms with van der Waals surface area (Å²) in [5, 5.41) is 2.93. The summed E-state index contributed by atoms with van der Waals surface area (Å²) < 4.78 is 0. The summed E-state index contributed by atoms with van der Waals surface area (Å²) in [5.41, 5.74) is 2.97.